The van der Waals surface area contributed by atoms with E-state index in [1.165, 1.54) is 41.0 Å². The van der Waals surface area contributed by atoms with Crippen LogP contribution in [0.5, 0.6) is 0 Å². The number of carbonyl (C=O) groups excluding carboxylic acids is 2. The van der Waals surface area contributed by atoms with Crippen LogP contribution in [0.15, 0.2) is 48.7 Å². The molecule has 0 saturated carbocycles. The fourth-order valence-corrected chi connectivity index (χ4v) is 5.82. The molecule has 0 radical (unpaired) electrons. The van der Waals surface area contributed by atoms with Gasteiger partial charge in [0.05, 0.1) is 31.5 Å². The molecule has 2 aliphatic heterocycles. The molecule has 0 aliphatic carbocycles. The number of aromatic nitrogens is 2. The first-order valence-corrected chi connectivity index (χ1v) is 13.7. The summed E-state index contributed by atoms with van der Waals surface area (Å²) in [5.41, 5.74) is -0.166. The summed E-state index contributed by atoms with van der Waals surface area (Å²) in [5, 5.41) is 4.53. The van der Waals surface area contributed by atoms with Crippen molar-refractivity contribution in [2.75, 3.05) is 30.0 Å². The number of aryl methyl sites for hydroxylation is 1. The fraction of sp³-hybridized carbons (Fsp3) is 0.433. The third-order valence-electron chi connectivity index (χ3n) is 8.16. The Hall–Kier alpha value is -4.09. The number of para-hydroxylation sites is 1. The van der Waals surface area contributed by atoms with Crippen LogP contribution in [0.3, 0.4) is 0 Å². The largest absolute Gasteiger partial charge is 0.467 e. The monoisotopic (exact) mass is 587 g/mol. The molecule has 3 heterocycles. The maximum absolute atomic E-state index is 14.6. The Morgan fingerprint density at radius 2 is 1.76 bits per heavy atom. The minimum absolute atomic E-state index is 0.0715. The molecule has 1 saturated heterocycles. The van der Waals surface area contributed by atoms with Crippen molar-refractivity contribution >= 4 is 23.5 Å². The third kappa shape index (κ3) is 5.30. The van der Waals surface area contributed by atoms with Gasteiger partial charge in [-0.3, -0.25) is 9.58 Å². The Labute approximate surface area is 241 Å². The van der Waals surface area contributed by atoms with Crippen molar-refractivity contribution in [1.82, 2.24) is 14.7 Å². The van der Waals surface area contributed by atoms with Crippen LogP contribution in [0.1, 0.15) is 48.9 Å². The number of rotatable bonds is 6. The lowest BCUT2D eigenvalue weighted by atomic mass is 9.99. The van der Waals surface area contributed by atoms with E-state index in [0.717, 1.165) is 11.6 Å². The summed E-state index contributed by atoms with van der Waals surface area (Å²) in [6.45, 7) is 5.90. The van der Waals surface area contributed by atoms with Gasteiger partial charge in [0, 0.05) is 30.9 Å². The summed E-state index contributed by atoms with van der Waals surface area (Å²) in [5.74, 6) is -0.665. The normalized spacial score (nSPS) is 16.6. The molecule has 2 aliphatic rings. The number of urea groups is 1. The molecule has 2 aromatic carbocycles. The molecule has 2 amide bonds. The highest BCUT2D eigenvalue weighted by Crippen LogP contribution is 2.37. The fourth-order valence-electron chi connectivity index (χ4n) is 5.82. The standard InChI is InChI=1S/C30H33F4N5O3/c1-19-8-7-11-24(31)25(19)36-14-12-22(13-15-36)37-17-21-18-39(29(2,3)27(40)42-4)35-26(21)38(28(37)41)16-20-9-5-6-10-23(20)30(32,33)34/h5-11,18,22H,12-17H2,1-4H3. The Morgan fingerprint density at radius 1 is 1.07 bits per heavy atom. The summed E-state index contributed by atoms with van der Waals surface area (Å²) in [6, 6.07) is 9.38. The molecule has 12 heteroatoms. The molecule has 0 atom stereocenters. The number of piperidine rings is 1. The summed E-state index contributed by atoms with van der Waals surface area (Å²) in [4.78, 5) is 31.4. The zero-order valence-corrected chi connectivity index (χ0v) is 23.9. The number of esters is 1. The van der Waals surface area contributed by atoms with E-state index in [0.29, 0.717) is 37.2 Å². The summed E-state index contributed by atoms with van der Waals surface area (Å²) in [7, 11) is 1.26. The van der Waals surface area contributed by atoms with Crippen molar-refractivity contribution in [1.29, 1.82) is 0 Å². The predicted octanol–water partition coefficient (Wildman–Crippen LogP) is 5.87. The van der Waals surface area contributed by atoms with E-state index in [1.807, 2.05) is 17.9 Å². The molecule has 5 rings (SSSR count). The first kappa shape index (κ1) is 29.4. The number of benzene rings is 2. The van der Waals surface area contributed by atoms with E-state index in [4.69, 9.17) is 4.74 Å². The van der Waals surface area contributed by atoms with Gasteiger partial charge in [0.15, 0.2) is 11.4 Å². The van der Waals surface area contributed by atoms with Crippen molar-refractivity contribution in [2.45, 2.75) is 64.5 Å². The topological polar surface area (TPSA) is 70.9 Å². The molecule has 224 valence electrons. The van der Waals surface area contributed by atoms with Crippen LogP contribution in [0.25, 0.3) is 0 Å². The number of amides is 2. The molecule has 8 nitrogen and oxygen atoms in total. The van der Waals surface area contributed by atoms with Gasteiger partial charge in [0.1, 0.15) is 5.82 Å². The highest BCUT2D eigenvalue weighted by Gasteiger charge is 2.42. The lowest BCUT2D eigenvalue weighted by Gasteiger charge is -2.43. The van der Waals surface area contributed by atoms with Crippen LogP contribution in [0, 0.1) is 12.7 Å². The quantitative estimate of drug-likeness (QED) is 0.267. The van der Waals surface area contributed by atoms with Crippen LogP contribution >= 0.6 is 0 Å². The number of carbonyl (C=O) groups is 2. The van der Waals surface area contributed by atoms with E-state index in [2.05, 4.69) is 5.10 Å². The van der Waals surface area contributed by atoms with Gasteiger partial charge in [-0.25, -0.2) is 14.0 Å². The van der Waals surface area contributed by atoms with Gasteiger partial charge >= 0.3 is 18.2 Å². The molecular weight excluding hydrogens is 554 g/mol. The number of fused-ring (bicyclic) bond motifs is 1. The Morgan fingerprint density at radius 3 is 2.40 bits per heavy atom. The van der Waals surface area contributed by atoms with Gasteiger partial charge in [0.2, 0.25) is 0 Å². The molecule has 0 unspecified atom stereocenters. The van der Waals surface area contributed by atoms with E-state index < -0.39 is 29.3 Å². The van der Waals surface area contributed by atoms with Crippen LogP contribution in [-0.4, -0.2) is 52.9 Å². The molecule has 42 heavy (non-hydrogen) atoms. The second kappa shape index (κ2) is 11.0. The first-order valence-electron chi connectivity index (χ1n) is 13.7. The lowest BCUT2D eigenvalue weighted by Crippen LogP contribution is -2.54. The van der Waals surface area contributed by atoms with E-state index in [1.54, 1.807) is 31.0 Å². The maximum Gasteiger partial charge on any atom is 0.416 e. The number of methoxy groups -OCH3 is 1. The van der Waals surface area contributed by atoms with Gasteiger partial charge in [-0.05, 0) is 56.9 Å². The number of hydrogen-bond donors (Lipinski definition) is 0. The zero-order valence-electron chi connectivity index (χ0n) is 23.9. The average molecular weight is 588 g/mol. The molecular formula is C30H33F4N5O3. The number of halogens is 4. The van der Waals surface area contributed by atoms with E-state index in [-0.39, 0.29) is 36.3 Å². The lowest BCUT2D eigenvalue weighted by molar-refractivity contribution is -0.150. The van der Waals surface area contributed by atoms with Crippen molar-refractivity contribution in [2.24, 2.45) is 0 Å². The zero-order chi connectivity index (χ0) is 30.4. The highest BCUT2D eigenvalue weighted by molar-refractivity contribution is 5.94. The average Bonchev–Trinajstić information content (AvgIpc) is 3.39. The third-order valence-corrected chi connectivity index (χ3v) is 8.16. The number of anilines is 2. The minimum Gasteiger partial charge on any atom is -0.467 e. The smallest absolute Gasteiger partial charge is 0.416 e. The van der Waals surface area contributed by atoms with Crippen LogP contribution in [-0.2, 0) is 34.3 Å². The van der Waals surface area contributed by atoms with Gasteiger partial charge in [0.25, 0.3) is 0 Å². The van der Waals surface area contributed by atoms with Crippen LogP contribution < -0.4 is 9.80 Å². The van der Waals surface area contributed by atoms with Crippen LogP contribution in [0.2, 0.25) is 0 Å². The molecule has 3 aromatic rings. The summed E-state index contributed by atoms with van der Waals surface area (Å²) in [6.07, 6.45) is -1.87. The van der Waals surface area contributed by atoms with Gasteiger partial charge in [-0.2, -0.15) is 18.3 Å². The number of nitrogens with zero attached hydrogens (tertiary/aromatic N) is 5. The Bertz CT molecular complexity index is 1470. The maximum atomic E-state index is 14.6. The van der Waals surface area contributed by atoms with Crippen molar-refractivity contribution in [3.63, 3.8) is 0 Å². The van der Waals surface area contributed by atoms with Crippen molar-refractivity contribution in [3.8, 4) is 0 Å². The van der Waals surface area contributed by atoms with Gasteiger partial charge in [-0.15, -0.1) is 0 Å². The van der Waals surface area contributed by atoms with Crippen molar-refractivity contribution < 1.29 is 31.9 Å². The van der Waals surface area contributed by atoms with Gasteiger partial charge < -0.3 is 14.5 Å². The summed E-state index contributed by atoms with van der Waals surface area (Å²) < 4.78 is 62.6. The number of hydrogen-bond acceptors (Lipinski definition) is 5. The van der Waals surface area contributed by atoms with Crippen LogP contribution in [0.4, 0.5) is 33.9 Å². The first-order chi connectivity index (χ1) is 19.8. The van der Waals surface area contributed by atoms with Gasteiger partial charge in [-0.1, -0.05) is 30.3 Å². The number of ether oxygens (including phenoxy) is 1. The summed E-state index contributed by atoms with van der Waals surface area (Å²) >= 11 is 0. The molecule has 1 fully saturated rings. The molecule has 1 aromatic heterocycles. The predicted molar refractivity (Wildman–Crippen MR) is 149 cm³/mol. The Balaban J connectivity index is 1.48. The van der Waals surface area contributed by atoms with E-state index >= 15 is 0 Å². The second-order valence-corrected chi connectivity index (χ2v) is 11.2. The SMILES string of the molecule is COC(=O)C(C)(C)n1cc2c(n1)N(Cc1ccccc1C(F)(F)F)C(=O)N(C1CCN(c3c(C)cccc3F)CC1)C2. The second-order valence-electron chi connectivity index (χ2n) is 11.2. The van der Waals surface area contributed by atoms with E-state index in [9.17, 15) is 27.2 Å². The Kier molecular flexibility index (Phi) is 7.67. The van der Waals surface area contributed by atoms with Crippen molar-refractivity contribution in [3.05, 3.63) is 76.7 Å². The molecule has 0 bridgehead atoms. The minimum atomic E-state index is -4.61. The molecule has 0 N–H and O–H groups in total. The number of alkyl halides is 3. The molecule has 0 spiro atoms. The highest BCUT2D eigenvalue weighted by atomic mass is 19.4.